The van der Waals surface area contributed by atoms with Crippen LogP contribution in [-0.2, 0) is 17.9 Å². The van der Waals surface area contributed by atoms with Crippen LogP contribution in [0.1, 0.15) is 11.4 Å². The molecule has 0 saturated heterocycles. The van der Waals surface area contributed by atoms with Crippen molar-refractivity contribution in [2.75, 3.05) is 0 Å². The normalized spacial score (nSPS) is 10.9. The molecule has 2 aromatic heterocycles. The third-order valence-corrected chi connectivity index (χ3v) is 3.78. The van der Waals surface area contributed by atoms with Gasteiger partial charge in [-0.1, -0.05) is 29.8 Å². The molecular weight excluding hydrogens is 318 g/mol. The van der Waals surface area contributed by atoms with Crippen molar-refractivity contribution in [1.82, 2.24) is 24.5 Å². The average molecular weight is 332 g/mol. The van der Waals surface area contributed by atoms with Gasteiger partial charge in [-0.05, 0) is 18.6 Å². The number of halogens is 1. The van der Waals surface area contributed by atoms with Crippen molar-refractivity contribution >= 4 is 23.2 Å². The predicted octanol–water partition coefficient (Wildman–Crippen LogP) is 1.17. The van der Waals surface area contributed by atoms with Crippen LogP contribution < -0.4 is 10.9 Å². The summed E-state index contributed by atoms with van der Waals surface area (Å²) in [6.07, 6.45) is 3.17. The van der Waals surface area contributed by atoms with Gasteiger partial charge < -0.3 is 5.32 Å². The van der Waals surface area contributed by atoms with E-state index in [9.17, 15) is 9.59 Å². The summed E-state index contributed by atoms with van der Waals surface area (Å²) in [4.78, 5) is 28.3. The van der Waals surface area contributed by atoms with Gasteiger partial charge in [0, 0.05) is 24.0 Å². The Labute approximate surface area is 136 Å². The highest BCUT2D eigenvalue weighted by atomic mass is 35.5. The number of rotatable bonds is 4. The Morgan fingerprint density at radius 3 is 2.91 bits per heavy atom. The van der Waals surface area contributed by atoms with Crippen LogP contribution in [0.3, 0.4) is 0 Å². The smallest absolute Gasteiger partial charge is 0.310 e. The monoisotopic (exact) mass is 331 g/mol. The summed E-state index contributed by atoms with van der Waals surface area (Å²) in [5.74, 6) is 0.255. The number of hydrogen-bond acceptors (Lipinski definition) is 4. The van der Waals surface area contributed by atoms with Crippen LogP contribution in [-0.4, -0.2) is 25.1 Å². The minimum absolute atomic E-state index is 0.173. The molecular formula is C15H14ClN5O2. The molecule has 2 heterocycles. The van der Waals surface area contributed by atoms with E-state index in [0.29, 0.717) is 10.8 Å². The molecule has 0 unspecified atom stereocenters. The fraction of sp³-hybridized carbons (Fsp3) is 0.200. The number of fused-ring (bicyclic) bond motifs is 1. The molecule has 118 valence electrons. The number of amides is 1. The number of aryl methyl sites for hydroxylation is 1. The highest BCUT2D eigenvalue weighted by Crippen LogP contribution is 2.14. The van der Waals surface area contributed by atoms with Gasteiger partial charge >= 0.3 is 5.56 Å². The number of benzene rings is 1. The first-order valence-corrected chi connectivity index (χ1v) is 7.35. The fourth-order valence-electron chi connectivity index (χ4n) is 2.24. The van der Waals surface area contributed by atoms with E-state index in [-0.39, 0.29) is 24.6 Å². The molecule has 0 spiro atoms. The van der Waals surface area contributed by atoms with E-state index in [2.05, 4.69) is 15.4 Å². The lowest BCUT2D eigenvalue weighted by Crippen LogP contribution is -2.34. The van der Waals surface area contributed by atoms with Crippen molar-refractivity contribution in [1.29, 1.82) is 0 Å². The summed E-state index contributed by atoms with van der Waals surface area (Å²) in [6.45, 7) is 1.86. The number of carbonyl (C=O) groups excluding carboxylic acids is 1. The fourth-order valence-corrected chi connectivity index (χ4v) is 2.44. The van der Waals surface area contributed by atoms with E-state index >= 15 is 0 Å². The van der Waals surface area contributed by atoms with Crippen LogP contribution in [0.2, 0.25) is 5.02 Å². The Hall–Kier alpha value is -2.67. The molecule has 7 nitrogen and oxygen atoms in total. The minimum Gasteiger partial charge on any atom is -0.350 e. The van der Waals surface area contributed by atoms with E-state index in [1.54, 1.807) is 23.6 Å². The quantitative estimate of drug-likeness (QED) is 0.778. The maximum Gasteiger partial charge on any atom is 0.310 e. The number of imidazole rings is 1. The summed E-state index contributed by atoms with van der Waals surface area (Å²) in [5, 5.41) is 7.43. The minimum atomic E-state index is -0.409. The molecule has 3 aromatic rings. The third-order valence-electron chi connectivity index (χ3n) is 3.41. The standard InChI is InChI=1S/C15H14ClN5O2/c1-10-19-21(15(23)14-17-6-7-20(10)14)9-13(22)18-8-11-4-2-3-5-12(11)16/h2-7H,8-9H2,1H3,(H,18,22). The molecule has 0 radical (unpaired) electrons. The summed E-state index contributed by atoms with van der Waals surface area (Å²) in [7, 11) is 0. The van der Waals surface area contributed by atoms with E-state index in [0.717, 1.165) is 10.2 Å². The topological polar surface area (TPSA) is 81.3 Å². The Morgan fingerprint density at radius 2 is 2.13 bits per heavy atom. The first-order chi connectivity index (χ1) is 11.1. The average Bonchev–Trinajstić information content (AvgIpc) is 3.02. The van der Waals surface area contributed by atoms with Crippen LogP contribution in [0.25, 0.3) is 5.65 Å². The van der Waals surface area contributed by atoms with Crippen molar-refractivity contribution in [3.8, 4) is 0 Å². The van der Waals surface area contributed by atoms with Crippen LogP contribution in [0, 0.1) is 6.92 Å². The highest BCUT2D eigenvalue weighted by Gasteiger charge is 2.12. The van der Waals surface area contributed by atoms with Crippen molar-refractivity contribution in [2.45, 2.75) is 20.0 Å². The predicted molar refractivity (Wildman–Crippen MR) is 85.3 cm³/mol. The summed E-state index contributed by atoms with van der Waals surface area (Å²) in [5.41, 5.74) is 0.646. The maximum atomic E-state index is 12.2. The summed E-state index contributed by atoms with van der Waals surface area (Å²) >= 11 is 6.04. The van der Waals surface area contributed by atoms with Crippen molar-refractivity contribution < 1.29 is 4.79 Å². The molecule has 1 N–H and O–H groups in total. The lowest BCUT2D eigenvalue weighted by molar-refractivity contribution is -0.122. The molecule has 0 aliphatic rings. The van der Waals surface area contributed by atoms with E-state index in [1.165, 1.54) is 6.20 Å². The molecule has 0 bridgehead atoms. The van der Waals surface area contributed by atoms with Crippen molar-refractivity contribution in [3.05, 3.63) is 63.4 Å². The summed E-state index contributed by atoms with van der Waals surface area (Å²) in [6, 6.07) is 7.24. The highest BCUT2D eigenvalue weighted by molar-refractivity contribution is 6.31. The number of aromatic nitrogens is 4. The summed E-state index contributed by atoms with van der Waals surface area (Å²) < 4.78 is 2.69. The molecule has 0 aliphatic carbocycles. The first-order valence-electron chi connectivity index (χ1n) is 6.97. The van der Waals surface area contributed by atoms with Gasteiger partial charge in [0.15, 0.2) is 0 Å². The van der Waals surface area contributed by atoms with Gasteiger partial charge in [-0.25, -0.2) is 9.67 Å². The van der Waals surface area contributed by atoms with E-state index in [1.807, 2.05) is 18.2 Å². The lowest BCUT2D eigenvalue weighted by atomic mass is 10.2. The van der Waals surface area contributed by atoms with Gasteiger partial charge in [0.1, 0.15) is 12.4 Å². The zero-order valence-corrected chi connectivity index (χ0v) is 13.1. The molecule has 23 heavy (non-hydrogen) atoms. The molecule has 8 heteroatoms. The second-order valence-electron chi connectivity index (χ2n) is 5.00. The van der Waals surface area contributed by atoms with Gasteiger partial charge in [0.25, 0.3) is 0 Å². The second kappa shape index (κ2) is 6.21. The van der Waals surface area contributed by atoms with E-state index in [4.69, 9.17) is 11.6 Å². The zero-order chi connectivity index (χ0) is 16.4. The largest absolute Gasteiger partial charge is 0.350 e. The molecule has 3 rings (SSSR count). The number of carbonyl (C=O) groups is 1. The van der Waals surface area contributed by atoms with Gasteiger partial charge in [0.2, 0.25) is 11.6 Å². The van der Waals surface area contributed by atoms with Gasteiger partial charge in [-0.15, -0.1) is 0 Å². The number of nitrogens with zero attached hydrogens (tertiary/aromatic N) is 4. The number of hydrogen-bond donors (Lipinski definition) is 1. The Morgan fingerprint density at radius 1 is 1.35 bits per heavy atom. The zero-order valence-electron chi connectivity index (χ0n) is 12.4. The lowest BCUT2D eigenvalue weighted by Gasteiger charge is -2.09. The van der Waals surface area contributed by atoms with Gasteiger partial charge in [-0.3, -0.25) is 14.0 Å². The Kier molecular flexibility index (Phi) is 4.12. The molecule has 1 aromatic carbocycles. The van der Waals surface area contributed by atoms with Crippen LogP contribution in [0.15, 0.2) is 41.5 Å². The maximum absolute atomic E-state index is 12.2. The molecule has 1 amide bonds. The third kappa shape index (κ3) is 3.09. The molecule has 0 aliphatic heterocycles. The number of nitrogens with one attached hydrogen (secondary N) is 1. The Balaban J connectivity index is 1.74. The van der Waals surface area contributed by atoms with E-state index < -0.39 is 5.56 Å². The second-order valence-corrected chi connectivity index (χ2v) is 5.41. The van der Waals surface area contributed by atoms with Crippen LogP contribution in [0.5, 0.6) is 0 Å². The first kappa shape index (κ1) is 15.2. The molecule has 0 atom stereocenters. The van der Waals surface area contributed by atoms with Gasteiger partial charge in [-0.2, -0.15) is 5.10 Å². The van der Waals surface area contributed by atoms with Crippen molar-refractivity contribution in [3.63, 3.8) is 0 Å². The molecule has 0 saturated carbocycles. The van der Waals surface area contributed by atoms with Crippen LogP contribution >= 0.6 is 11.6 Å². The van der Waals surface area contributed by atoms with Gasteiger partial charge in [0.05, 0.1) is 0 Å². The van der Waals surface area contributed by atoms with Crippen LogP contribution in [0.4, 0.5) is 0 Å². The van der Waals surface area contributed by atoms with Crippen molar-refractivity contribution in [2.24, 2.45) is 0 Å². The SMILES string of the molecule is Cc1nn(CC(=O)NCc2ccccc2Cl)c(=O)c2nccn12. The Bertz CT molecular complexity index is 931. The molecule has 0 fully saturated rings.